The topological polar surface area (TPSA) is 83.8 Å². The monoisotopic (exact) mass is 358 g/mol. The van der Waals surface area contributed by atoms with Gasteiger partial charge in [-0.2, -0.15) is 0 Å². The second-order valence-corrected chi connectivity index (χ2v) is 6.07. The summed E-state index contributed by atoms with van der Waals surface area (Å²) < 4.78 is 5.41. The van der Waals surface area contributed by atoms with Crippen LogP contribution in [0, 0.1) is 0 Å². The SMILES string of the molecule is O=C(O)c1cc2ccccc2cc1OC(=O)c1c(O)ccc2ccccc12. The summed E-state index contributed by atoms with van der Waals surface area (Å²) in [4.78, 5) is 24.4. The lowest BCUT2D eigenvalue weighted by molar-refractivity contribution is 0.0682. The van der Waals surface area contributed by atoms with Crippen LogP contribution in [0.2, 0.25) is 0 Å². The molecule has 4 aromatic carbocycles. The van der Waals surface area contributed by atoms with E-state index in [1.807, 2.05) is 18.2 Å². The molecule has 0 amide bonds. The summed E-state index contributed by atoms with van der Waals surface area (Å²) in [6, 6.07) is 20.3. The van der Waals surface area contributed by atoms with Crippen molar-refractivity contribution in [3.05, 3.63) is 83.9 Å². The summed E-state index contributed by atoms with van der Waals surface area (Å²) in [7, 11) is 0. The third-order valence-corrected chi connectivity index (χ3v) is 4.39. The number of carbonyl (C=O) groups excluding carboxylic acids is 1. The van der Waals surface area contributed by atoms with Crippen LogP contribution in [0.3, 0.4) is 0 Å². The minimum Gasteiger partial charge on any atom is -0.507 e. The summed E-state index contributed by atoms with van der Waals surface area (Å²) in [6.07, 6.45) is 0. The molecule has 0 atom stereocenters. The molecule has 0 aliphatic rings. The molecule has 0 aromatic heterocycles. The molecule has 27 heavy (non-hydrogen) atoms. The number of carboxylic acids is 1. The predicted octanol–water partition coefficient (Wildman–Crippen LogP) is 4.62. The van der Waals surface area contributed by atoms with E-state index in [0.717, 1.165) is 16.2 Å². The first-order valence-electron chi connectivity index (χ1n) is 8.23. The molecule has 0 unspecified atom stereocenters. The van der Waals surface area contributed by atoms with Crippen LogP contribution in [0.5, 0.6) is 11.5 Å². The predicted molar refractivity (Wildman–Crippen MR) is 101 cm³/mol. The zero-order valence-electron chi connectivity index (χ0n) is 14.0. The average Bonchev–Trinajstić information content (AvgIpc) is 2.67. The van der Waals surface area contributed by atoms with Gasteiger partial charge in [-0.15, -0.1) is 0 Å². The van der Waals surface area contributed by atoms with Crippen molar-refractivity contribution in [2.24, 2.45) is 0 Å². The van der Waals surface area contributed by atoms with Crippen LogP contribution in [0.25, 0.3) is 21.5 Å². The molecular formula is C22H14O5. The van der Waals surface area contributed by atoms with Crippen molar-refractivity contribution < 1.29 is 24.5 Å². The number of carboxylic acid groups (broad SMARTS) is 1. The lowest BCUT2D eigenvalue weighted by Crippen LogP contribution is -2.12. The lowest BCUT2D eigenvalue weighted by Gasteiger charge is -2.12. The normalized spacial score (nSPS) is 10.8. The van der Waals surface area contributed by atoms with Gasteiger partial charge < -0.3 is 14.9 Å². The highest BCUT2D eigenvalue weighted by molar-refractivity contribution is 6.08. The maximum atomic E-state index is 12.8. The molecule has 0 aliphatic heterocycles. The Kier molecular flexibility index (Phi) is 3.97. The quantitative estimate of drug-likeness (QED) is 0.412. The van der Waals surface area contributed by atoms with E-state index < -0.39 is 11.9 Å². The minimum absolute atomic E-state index is 0.00222. The molecule has 0 bridgehead atoms. The number of aromatic carboxylic acids is 1. The van der Waals surface area contributed by atoms with Crippen LogP contribution < -0.4 is 4.74 Å². The van der Waals surface area contributed by atoms with E-state index >= 15 is 0 Å². The van der Waals surface area contributed by atoms with Gasteiger partial charge in [-0.25, -0.2) is 9.59 Å². The van der Waals surface area contributed by atoms with Gasteiger partial charge in [0.25, 0.3) is 0 Å². The first-order chi connectivity index (χ1) is 13.0. The first-order valence-corrected chi connectivity index (χ1v) is 8.23. The van der Waals surface area contributed by atoms with Crippen molar-refractivity contribution in [3.8, 4) is 11.5 Å². The number of phenols is 1. The molecule has 0 radical (unpaired) electrons. The standard InChI is InChI=1S/C22H14O5/c23-18-10-9-13-5-3-4-8-16(13)20(18)22(26)27-19-12-15-7-2-1-6-14(15)11-17(19)21(24)25/h1-12,23H,(H,24,25). The molecule has 0 saturated heterocycles. The van der Waals surface area contributed by atoms with Crippen molar-refractivity contribution in [2.45, 2.75) is 0 Å². The second-order valence-electron chi connectivity index (χ2n) is 6.07. The van der Waals surface area contributed by atoms with E-state index in [4.69, 9.17) is 4.74 Å². The van der Waals surface area contributed by atoms with Gasteiger partial charge in [0, 0.05) is 0 Å². The molecule has 0 spiro atoms. The van der Waals surface area contributed by atoms with Crippen molar-refractivity contribution in [2.75, 3.05) is 0 Å². The van der Waals surface area contributed by atoms with Crippen LogP contribution in [0.4, 0.5) is 0 Å². The van der Waals surface area contributed by atoms with E-state index in [2.05, 4.69) is 0 Å². The summed E-state index contributed by atoms with van der Waals surface area (Å²) in [5.74, 6) is -2.32. The number of fused-ring (bicyclic) bond motifs is 2. The largest absolute Gasteiger partial charge is 0.507 e. The molecule has 2 N–H and O–H groups in total. The molecule has 5 nitrogen and oxygen atoms in total. The number of hydrogen-bond donors (Lipinski definition) is 2. The van der Waals surface area contributed by atoms with Crippen molar-refractivity contribution >= 4 is 33.5 Å². The van der Waals surface area contributed by atoms with Gasteiger partial charge in [0.15, 0.2) is 0 Å². The van der Waals surface area contributed by atoms with Gasteiger partial charge in [0.05, 0.1) is 0 Å². The van der Waals surface area contributed by atoms with Gasteiger partial charge in [0.2, 0.25) is 0 Å². The fourth-order valence-electron chi connectivity index (χ4n) is 3.10. The van der Waals surface area contributed by atoms with E-state index in [1.54, 1.807) is 36.4 Å². The highest BCUT2D eigenvalue weighted by Crippen LogP contribution is 2.31. The van der Waals surface area contributed by atoms with Crippen molar-refractivity contribution in [3.63, 3.8) is 0 Å². The molecule has 4 rings (SSSR count). The second kappa shape index (κ2) is 6.46. The van der Waals surface area contributed by atoms with Crippen LogP contribution in [-0.2, 0) is 0 Å². The fourth-order valence-corrected chi connectivity index (χ4v) is 3.10. The van der Waals surface area contributed by atoms with Crippen LogP contribution in [-0.4, -0.2) is 22.2 Å². The number of ether oxygens (including phenoxy) is 1. The van der Waals surface area contributed by atoms with Gasteiger partial charge in [0.1, 0.15) is 22.6 Å². The smallest absolute Gasteiger partial charge is 0.347 e. The number of aromatic hydroxyl groups is 1. The van der Waals surface area contributed by atoms with Gasteiger partial charge in [-0.3, -0.25) is 0 Å². The van der Waals surface area contributed by atoms with E-state index in [-0.39, 0.29) is 22.6 Å². The molecular weight excluding hydrogens is 344 g/mol. The van der Waals surface area contributed by atoms with Gasteiger partial charge >= 0.3 is 11.9 Å². The van der Waals surface area contributed by atoms with Crippen LogP contribution in [0.1, 0.15) is 20.7 Å². The maximum Gasteiger partial charge on any atom is 0.347 e. The van der Waals surface area contributed by atoms with Gasteiger partial charge in [-0.1, -0.05) is 54.6 Å². The van der Waals surface area contributed by atoms with E-state index in [0.29, 0.717) is 5.39 Å². The van der Waals surface area contributed by atoms with Crippen LogP contribution in [0.15, 0.2) is 72.8 Å². The Balaban J connectivity index is 1.83. The lowest BCUT2D eigenvalue weighted by atomic mass is 10.0. The Morgan fingerprint density at radius 3 is 2.11 bits per heavy atom. The third-order valence-electron chi connectivity index (χ3n) is 4.39. The molecule has 0 fully saturated rings. The summed E-state index contributed by atoms with van der Waals surface area (Å²) in [5.41, 5.74) is -0.126. The molecule has 0 heterocycles. The number of hydrogen-bond acceptors (Lipinski definition) is 4. The number of phenolic OH excluding ortho intramolecular Hbond substituents is 1. The number of benzene rings is 4. The third kappa shape index (κ3) is 2.95. The summed E-state index contributed by atoms with van der Waals surface area (Å²) in [6.45, 7) is 0. The number of carbonyl (C=O) groups is 2. The molecule has 5 heteroatoms. The highest BCUT2D eigenvalue weighted by Gasteiger charge is 2.21. The Hall–Kier alpha value is -3.86. The van der Waals surface area contributed by atoms with E-state index in [1.165, 1.54) is 18.2 Å². The Bertz CT molecular complexity index is 1210. The van der Waals surface area contributed by atoms with Crippen molar-refractivity contribution in [1.29, 1.82) is 0 Å². The summed E-state index contributed by atoms with van der Waals surface area (Å²) in [5, 5.41) is 22.4. The average molecular weight is 358 g/mol. The fraction of sp³-hybridized carbons (Fsp3) is 0. The Labute approximate surface area is 154 Å². The zero-order chi connectivity index (χ0) is 19.0. The maximum absolute atomic E-state index is 12.8. The highest BCUT2D eigenvalue weighted by atomic mass is 16.5. The zero-order valence-corrected chi connectivity index (χ0v) is 14.0. The Morgan fingerprint density at radius 2 is 1.41 bits per heavy atom. The molecule has 132 valence electrons. The van der Waals surface area contributed by atoms with Crippen molar-refractivity contribution in [1.82, 2.24) is 0 Å². The number of esters is 1. The molecule has 0 aliphatic carbocycles. The van der Waals surface area contributed by atoms with Crippen LogP contribution >= 0.6 is 0 Å². The minimum atomic E-state index is -1.20. The molecule has 0 saturated carbocycles. The van der Waals surface area contributed by atoms with Gasteiger partial charge in [-0.05, 0) is 39.7 Å². The van der Waals surface area contributed by atoms with E-state index in [9.17, 15) is 19.8 Å². The summed E-state index contributed by atoms with van der Waals surface area (Å²) >= 11 is 0. The first kappa shape index (κ1) is 16.6. The molecule has 4 aromatic rings. The number of rotatable bonds is 3. The Morgan fingerprint density at radius 1 is 0.778 bits per heavy atom.